The van der Waals surface area contributed by atoms with E-state index in [1.807, 2.05) is 42.8 Å². The number of nitrogens with zero attached hydrogens (tertiary/aromatic N) is 2. The molecule has 0 amide bonds. The van der Waals surface area contributed by atoms with Crippen LogP contribution in [0, 0.1) is 0 Å². The first kappa shape index (κ1) is 13.0. The van der Waals surface area contributed by atoms with E-state index in [0.717, 1.165) is 23.4 Å². The molecule has 0 aliphatic rings. The zero-order chi connectivity index (χ0) is 13.8. The van der Waals surface area contributed by atoms with Gasteiger partial charge in [0.15, 0.2) is 0 Å². The smallest absolute Gasteiger partial charge is 0.258 e. The Morgan fingerprint density at radius 3 is 2.90 bits per heavy atom. The van der Waals surface area contributed by atoms with Crippen LogP contribution in [0.1, 0.15) is 5.56 Å². The lowest BCUT2D eigenvalue weighted by Gasteiger charge is -2.04. The Morgan fingerprint density at radius 2 is 2.10 bits per heavy atom. The van der Waals surface area contributed by atoms with Crippen molar-refractivity contribution in [1.29, 1.82) is 0 Å². The maximum atomic E-state index is 5.42. The average Bonchev–Trinajstić information content (AvgIpc) is 3.15. The SMILES string of the molecule is CNCCc1ccccc1-c1nc(-c2cccs2)no1. The molecule has 0 aliphatic carbocycles. The number of thiophene rings is 1. The van der Waals surface area contributed by atoms with Gasteiger partial charge in [-0.25, -0.2) is 0 Å². The molecule has 1 N–H and O–H groups in total. The van der Waals surface area contributed by atoms with Gasteiger partial charge in [0.25, 0.3) is 5.89 Å². The van der Waals surface area contributed by atoms with Crippen LogP contribution >= 0.6 is 11.3 Å². The Balaban J connectivity index is 1.93. The van der Waals surface area contributed by atoms with E-state index in [1.54, 1.807) is 11.3 Å². The van der Waals surface area contributed by atoms with E-state index >= 15 is 0 Å². The number of likely N-dealkylation sites (N-methyl/N-ethyl adjacent to an activating group) is 1. The lowest BCUT2D eigenvalue weighted by atomic mass is 10.0. The molecule has 0 spiro atoms. The summed E-state index contributed by atoms with van der Waals surface area (Å²) in [5.74, 6) is 1.23. The van der Waals surface area contributed by atoms with Crippen molar-refractivity contribution in [3.63, 3.8) is 0 Å². The summed E-state index contributed by atoms with van der Waals surface area (Å²) in [6.45, 7) is 0.920. The van der Waals surface area contributed by atoms with E-state index in [-0.39, 0.29) is 0 Å². The van der Waals surface area contributed by atoms with Crippen LogP contribution in [-0.2, 0) is 6.42 Å². The number of rotatable bonds is 5. The van der Waals surface area contributed by atoms with Gasteiger partial charge in [0, 0.05) is 5.56 Å². The molecule has 0 aliphatic heterocycles. The maximum Gasteiger partial charge on any atom is 0.258 e. The van der Waals surface area contributed by atoms with Gasteiger partial charge in [-0.15, -0.1) is 11.3 Å². The van der Waals surface area contributed by atoms with Crippen LogP contribution in [0.25, 0.3) is 22.2 Å². The highest BCUT2D eigenvalue weighted by atomic mass is 32.1. The second-order valence-corrected chi connectivity index (χ2v) is 5.36. The van der Waals surface area contributed by atoms with E-state index in [4.69, 9.17) is 4.52 Å². The third-order valence-electron chi connectivity index (χ3n) is 3.06. The summed E-state index contributed by atoms with van der Waals surface area (Å²) >= 11 is 1.61. The molecule has 0 atom stereocenters. The lowest BCUT2D eigenvalue weighted by Crippen LogP contribution is -2.10. The monoisotopic (exact) mass is 285 g/mol. The first-order chi connectivity index (χ1) is 9.88. The quantitative estimate of drug-likeness (QED) is 0.782. The molecule has 0 saturated heterocycles. The van der Waals surface area contributed by atoms with Crippen LogP contribution in [0.2, 0.25) is 0 Å². The second kappa shape index (κ2) is 5.98. The Kier molecular flexibility index (Phi) is 3.90. The highest BCUT2D eigenvalue weighted by molar-refractivity contribution is 7.13. The summed E-state index contributed by atoms with van der Waals surface area (Å²) in [6.07, 6.45) is 0.934. The fourth-order valence-corrected chi connectivity index (χ4v) is 2.69. The van der Waals surface area contributed by atoms with Gasteiger partial charge in [0.2, 0.25) is 5.82 Å². The molecule has 2 aromatic heterocycles. The Bertz CT molecular complexity index is 676. The molecular weight excluding hydrogens is 270 g/mol. The first-order valence-corrected chi connectivity index (χ1v) is 7.37. The van der Waals surface area contributed by atoms with Crippen molar-refractivity contribution in [2.75, 3.05) is 13.6 Å². The zero-order valence-electron chi connectivity index (χ0n) is 11.2. The van der Waals surface area contributed by atoms with Gasteiger partial charge in [0.05, 0.1) is 4.88 Å². The van der Waals surface area contributed by atoms with E-state index in [0.29, 0.717) is 11.7 Å². The molecule has 1 aromatic carbocycles. The molecule has 4 nitrogen and oxygen atoms in total. The Hall–Kier alpha value is -1.98. The lowest BCUT2D eigenvalue weighted by molar-refractivity contribution is 0.432. The molecule has 102 valence electrons. The van der Waals surface area contributed by atoms with Crippen LogP contribution < -0.4 is 5.32 Å². The molecule has 0 fully saturated rings. The fraction of sp³-hybridized carbons (Fsp3) is 0.200. The van der Waals surface area contributed by atoms with E-state index in [9.17, 15) is 0 Å². The van der Waals surface area contributed by atoms with Gasteiger partial charge in [0.1, 0.15) is 0 Å². The van der Waals surface area contributed by atoms with Crippen LogP contribution in [0.15, 0.2) is 46.3 Å². The standard InChI is InChI=1S/C15H15N3OS/c1-16-9-8-11-5-2-3-6-12(11)15-17-14(18-19-15)13-7-4-10-20-13/h2-7,10,16H,8-9H2,1H3. The highest BCUT2D eigenvalue weighted by Gasteiger charge is 2.13. The molecule has 0 unspecified atom stereocenters. The molecule has 3 aromatic rings. The predicted molar refractivity (Wildman–Crippen MR) is 80.7 cm³/mol. The summed E-state index contributed by atoms with van der Waals surface area (Å²) in [4.78, 5) is 5.52. The van der Waals surface area contributed by atoms with Crippen LogP contribution in [-0.4, -0.2) is 23.7 Å². The van der Waals surface area contributed by atoms with E-state index in [1.165, 1.54) is 5.56 Å². The van der Waals surface area contributed by atoms with Gasteiger partial charge in [-0.05, 0) is 43.1 Å². The van der Waals surface area contributed by atoms with Crippen LogP contribution in [0.3, 0.4) is 0 Å². The van der Waals surface area contributed by atoms with Crippen LogP contribution in [0.5, 0.6) is 0 Å². The van der Waals surface area contributed by atoms with Crippen molar-refractivity contribution in [2.24, 2.45) is 0 Å². The molecule has 2 heterocycles. The molecule has 20 heavy (non-hydrogen) atoms. The number of nitrogens with one attached hydrogen (secondary N) is 1. The first-order valence-electron chi connectivity index (χ1n) is 6.49. The molecule has 5 heteroatoms. The van der Waals surface area contributed by atoms with Gasteiger partial charge < -0.3 is 9.84 Å². The number of benzene rings is 1. The maximum absolute atomic E-state index is 5.42. The molecule has 0 bridgehead atoms. The third-order valence-corrected chi connectivity index (χ3v) is 3.93. The molecule has 0 saturated carbocycles. The summed E-state index contributed by atoms with van der Waals surface area (Å²) in [5.41, 5.74) is 2.22. The Labute approximate surface area is 121 Å². The predicted octanol–water partition coefficient (Wildman–Crippen LogP) is 3.23. The van der Waals surface area contributed by atoms with Crippen molar-refractivity contribution >= 4 is 11.3 Å². The molecule has 3 rings (SSSR count). The summed E-state index contributed by atoms with van der Waals surface area (Å²) in [6, 6.07) is 12.1. The van der Waals surface area contributed by atoms with Crippen molar-refractivity contribution < 1.29 is 4.52 Å². The van der Waals surface area contributed by atoms with Gasteiger partial charge in [-0.3, -0.25) is 0 Å². The largest absolute Gasteiger partial charge is 0.334 e. The van der Waals surface area contributed by atoms with E-state index < -0.39 is 0 Å². The number of hydrogen-bond acceptors (Lipinski definition) is 5. The Morgan fingerprint density at radius 1 is 1.20 bits per heavy atom. The van der Waals surface area contributed by atoms with Gasteiger partial charge in [-0.1, -0.05) is 29.4 Å². The summed E-state index contributed by atoms with van der Waals surface area (Å²) in [7, 11) is 1.95. The normalized spacial score (nSPS) is 10.8. The topological polar surface area (TPSA) is 51.0 Å². The highest BCUT2D eigenvalue weighted by Crippen LogP contribution is 2.27. The molecule has 0 radical (unpaired) electrons. The fourth-order valence-electron chi connectivity index (χ4n) is 2.05. The van der Waals surface area contributed by atoms with Crippen LogP contribution in [0.4, 0.5) is 0 Å². The third kappa shape index (κ3) is 2.64. The minimum Gasteiger partial charge on any atom is -0.334 e. The van der Waals surface area contributed by atoms with Crippen molar-refractivity contribution in [1.82, 2.24) is 15.5 Å². The van der Waals surface area contributed by atoms with Crippen molar-refractivity contribution in [3.05, 3.63) is 47.3 Å². The summed E-state index contributed by atoms with van der Waals surface area (Å²) in [5, 5.41) is 9.23. The minimum absolute atomic E-state index is 0.583. The van der Waals surface area contributed by atoms with Gasteiger partial charge >= 0.3 is 0 Å². The zero-order valence-corrected chi connectivity index (χ0v) is 12.0. The number of hydrogen-bond donors (Lipinski definition) is 1. The van der Waals surface area contributed by atoms with Crippen molar-refractivity contribution in [2.45, 2.75) is 6.42 Å². The average molecular weight is 285 g/mol. The number of aromatic nitrogens is 2. The van der Waals surface area contributed by atoms with Gasteiger partial charge in [-0.2, -0.15) is 4.98 Å². The minimum atomic E-state index is 0.583. The van der Waals surface area contributed by atoms with Crippen molar-refractivity contribution in [3.8, 4) is 22.2 Å². The van der Waals surface area contributed by atoms with E-state index in [2.05, 4.69) is 21.5 Å². The second-order valence-electron chi connectivity index (χ2n) is 4.41. The molecular formula is C15H15N3OS. The summed E-state index contributed by atoms with van der Waals surface area (Å²) < 4.78 is 5.42.